The second-order valence-electron chi connectivity index (χ2n) is 5.00. The normalized spacial score (nSPS) is 19.6. The average molecular weight is 233 g/mol. The van der Waals surface area contributed by atoms with Crippen LogP contribution in [-0.4, -0.2) is 11.6 Å². The minimum Gasteiger partial charge on any atom is -0.257 e. The summed E-state index contributed by atoms with van der Waals surface area (Å²) in [5.41, 5.74) is 6.17. The van der Waals surface area contributed by atoms with Crippen molar-refractivity contribution in [3.8, 4) is 0 Å². The summed E-state index contributed by atoms with van der Waals surface area (Å²) in [4.78, 5) is 4.95. The van der Waals surface area contributed by atoms with E-state index in [0.717, 1.165) is 20.9 Å². The highest BCUT2D eigenvalue weighted by Gasteiger charge is 2.31. The number of pyridine rings is 1. The van der Waals surface area contributed by atoms with Crippen molar-refractivity contribution >= 4 is 13.9 Å². The summed E-state index contributed by atoms with van der Waals surface area (Å²) in [6, 6.07) is 0. The van der Waals surface area contributed by atoms with E-state index in [1.807, 2.05) is 0 Å². The van der Waals surface area contributed by atoms with Crippen LogP contribution in [0.2, 0.25) is 0 Å². The monoisotopic (exact) mass is 233 g/mol. The molecule has 16 heavy (non-hydrogen) atoms. The van der Waals surface area contributed by atoms with Crippen LogP contribution in [0.15, 0.2) is 0 Å². The second-order valence-corrected chi connectivity index (χ2v) is 6.00. The molecule has 1 unspecified atom stereocenters. The fourth-order valence-corrected chi connectivity index (χ4v) is 4.21. The molecular weight excluding hydrogens is 213 g/mol. The van der Waals surface area contributed by atoms with Crippen LogP contribution in [0.25, 0.3) is 0 Å². The van der Waals surface area contributed by atoms with E-state index in [2.05, 4.69) is 13.6 Å². The van der Waals surface area contributed by atoms with Gasteiger partial charge in [-0.25, -0.2) is 0 Å². The van der Waals surface area contributed by atoms with Crippen molar-refractivity contribution in [2.45, 2.75) is 51.4 Å². The zero-order valence-electron chi connectivity index (χ0n) is 10.3. The lowest BCUT2D eigenvalue weighted by atomic mass is 10.0. The third-order valence-corrected chi connectivity index (χ3v) is 4.98. The molecule has 2 aliphatic carbocycles. The van der Waals surface area contributed by atoms with Crippen LogP contribution in [0.1, 0.15) is 54.6 Å². The molecular formula is C14H20NP. The van der Waals surface area contributed by atoms with Crippen LogP contribution >= 0.6 is 8.58 Å². The van der Waals surface area contributed by atoms with Crippen molar-refractivity contribution < 1.29 is 0 Å². The Kier molecular flexibility index (Phi) is 2.75. The molecule has 1 atom stereocenters. The first-order chi connectivity index (χ1) is 7.85. The predicted octanol–water partition coefficient (Wildman–Crippen LogP) is 2.94. The van der Waals surface area contributed by atoms with Crippen LogP contribution in [-0.2, 0) is 19.3 Å². The SMILES string of the molecule is CCc1nc2c(c(PC)c1C1CC1)CCC2. The molecule has 0 bridgehead atoms. The first-order valence-electron chi connectivity index (χ1n) is 6.57. The summed E-state index contributed by atoms with van der Waals surface area (Å²) in [5.74, 6) is 0.871. The first kappa shape index (κ1) is 10.7. The smallest absolute Gasteiger partial charge is 0.0445 e. The van der Waals surface area contributed by atoms with Crippen molar-refractivity contribution in [3.63, 3.8) is 0 Å². The summed E-state index contributed by atoms with van der Waals surface area (Å²) in [6.45, 7) is 4.61. The van der Waals surface area contributed by atoms with Gasteiger partial charge in [0.2, 0.25) is 0 Å². The number of rotatable bonds is 3. The minimum absolute atomic E-state index is 0.871. The van der Waals surface area contributed by atoms with Crippen molar-refractivity contribution in [2.75, 3.05) is 6.66 Å². The number of nitrogens with zero attached hydrogens (tertiary/aromatic N) is 1. The van der Waals surface area contributed by atoms with Gasteiger partial charge in [-0.3, -0.25) is 4.98 Å². The van der Waals surface area contributed by atoms with Gasteiger partial charge in [0, 0.05) is 11.4 Å². The molecule has 2 heteroatoms. The Bertz CT molecular complexity index is 421. The molecule has 1 heterocycles. The molecule has 1 aromatic heterocycles. The van der Waals surface area contributed by atoms with E-state index in [4.69, 9.17) is 4.98 Å². The number of aromatic nitrogens is 1. The molecule has 0 N–H and O–H groups in total. The molecule has 0 spiro atoms. The maximum atomic E-state index is 4.95. The highest BCUT2D eigenvalue weighted by Crippen LogP contribution is 2.43. The van der Waals surface area contributed by atoms with Gasteiger partial charge in [-0.2, -0.15) is 0 Å². The van der Waals surface area contributed by atoms with Gasteiger partial charge in [-0.15, -0.1) is 0 Å². The Morgan fingerprint density at radius 2 is 2.12 bits per heavy atom. The highest BCUT2D eigenvalue weighted by atomic mass is 31.1. The lowest BCUT2D eigenvalue weighted by molar-refractivity contribution is 0.885. The van der Waals surface area contributed by atoms with Gasteiger partial charge < -0.3 is 0 Å². The van der Waals surface area contributed by atoms with Crippen LogP contribution in [0, 0.1) is 0 Å². The van der Waals surface area contributed by atoms with Crippen molar-refractivity contribution in [1.29, 1.82) is 0 Å². The van der Waals surface area contributed by atoms with E-state index in [-0.39, 0.29) is 0 Å². The average Bonchev–Trinajstić information content (AvgIpc) is 3.04. The first-order valence-corrected chi connectivity index (χ1v) is 8.07. The van der Waals surface area contributed by atoms with E-state index < -0.39 is 0 Å². The molecule has 1 aromatic rings. The van der Waals surface area contributed by atoms with Gasteiger partial charge >= 0.3 is 0 Å². The molecule has 2 aliphatic rings. The Morgan fingerprint density at radius 1 is 1.31 bits per heavy atom. The fourth-order valence-electron chi connectivity index (χ4n) is 3.02. The maximum absolute atomic E-state index is 4.95. The quantitative estimate of drug-likeness (QED) is 0.731. The van der Waals surface area contributed by atoms with Crippen LogP contribution in [0.3, 0.4) is 0 Å². The van der Waals surface area contributed by atoms with Crippen LogP contribution in [0.4, 0.5) is 0 Å². The molecule has 1 fully saturated rings. The Labute approximate surface area is 99.8 Å². The zero-order valence-corrected chi connectivity index (χ0v) is 11.3. The predicted molar refractivity (Wildman–Crippen MR) is 71.5 cm³/mol. The Balaban J connectivity index is 2.19. The lowest BCUT2D eigenvalue weighted by Gasteiger charge is -2.16. The molecule has 0 saturated heterocycles. The molecule has 1 saturated carbocycles. The summed E-state index contributed by atoms with van der Waals surface area (Å²) < 4.78 is 0. The number of hydrogen-bond donors (Lipinski definition) is 0. The second kappa shape index (κ2) is 4.11. The third-order valence-electron chi connectivity index (χ3n) is 3.91. The van der Waals surface area contributed by atoms with Gasteiger partial charge in [0.05, 0.1) is 0 Å². The lowest BCUT2D eigenvalue weighted by Crippen LogP contribution is -2.16. The Hall–Kier alpha value is -0.420. The van der Waals surface area contributed by atoms with E-state index in [1.54, 1.807) is 16.4 Å². The topological polar surface area (TPSA) is 12.9 Å². The molecule has 86 valence electrons. The molecule has 0 amide bonds. The fraction of sp³-hybridized carbons (Fsp3) is 0.643. The van der Waals surface area contributed by atoms with Crippen molar-refractivity contribution in [2.24, 2.45) is 0 Å². The molecule has 0 aromatic carbocycles. The van der Waals surface area contributed by atoms with E-state index in [1.165, 1.54) is 43.5 Å². The molecule has 0 radical (unpaired) electrons. The van der Waals surface area contributed by atoms with Crippen molar-refractivity contribution in [3.05, 3.63) is 22.5 Å². The Morgan fingerprint density at radius 3 is 2.75 bits per heavy atom. The molecule has 0 aliphatic heterocycles. The maximum Gasteiger partial charge on any atom is 0.0445 e. The summed E-state index contributed by atoms with van der Waals surface area (Å²) in [6.07, 6.45) is 7.79. The standard InChI is InChI=1S/C14H20NP/c1-3-11-13(9-7-8-9)14(16-2)10-5-4-6-12(10)15-11/h9,16H,3-8H2,1-2H3. The van der Waals surface area contributed by atoms with Gasteiger partial charge in [0.15, 0.2) is 0 Å². The van der Waals surface area contributed by atoms with Gasteiger partial charge in [-0.05, 0) is 67.5 Å². The van der Waals surface area contributed by atoms with Crippen molar-refractivity contribution in [1.82, 2.24) is 4.98 Å². The molecule has 1 nitrogen and oxygen atoms in total. The van der Waals surface area contributed by atoms with Crippen LogP contribution < -0.4 is 5.30 Å². The minimum atomic E-state index is 0.871. The summed E-state index contributed by atoms with van der Waals surface area (Å²) >= 11 is 0. The van der Waals surface area contributed by atoms with E-state index >= 15 is 0 Å². The molecule has 3 rings (SSSR count). The van der Waals surface area contributed by atoms with E-state index in [0.29, 0.717) is 0 Å². The number of aryl methyl sites for hydroxylation is 2. The summed E-state index contributed by atoms with van der Waals surface area (Å²) in [7, 11) is 0.963. The van der Waals surface area contributed by atoms with Gasteiger partial charge in [0.25, 0.3) is 0 Å². The number of hydrogen-bond acceptors (Lipinski definition) is 1. The summed E-state index contributed by atoms with van der Waals surface area (Å²) in [5, 5.41) is 1.71. The zero-order chi connectivity index (χ0) is 11.1. The van der Waals surface area contributed by atoms with Gasteiger partial charge in [-0.1, -0.05) is 15.5 Å². The van der Waals surface area contributed by atoms with E-state index in [9.17, 15) is 0 Å². The number of fused-ring (bicyclic) bond motifs is 1. The van der Waals surface area contributed by atoms with Gasteiger partial charge in [0.1, 0.15) is 0 Å². The largest absolute Gasteiger partial charge is 0.257 e. The third kappa shape index (κ3) is 1.61. The van der Waals surface area contributed by atoms with Crippen LogP contribution in [0.5, 0.6) is 0 Å². The highest BCUT2D eigenvalue weighted by molar-refractivity contribution is 7.46.